The van der Waals surface area contributed by atoms with Crippen LogP contribution in [0.25, 0.3) is 92.0 Å². The van der Waals surface area contributed by atoms with Crippen LogP contribution in [-0.2, 0) is 0 Å². The molecule has 4 heterocycles. The summed E-state index contributed by atoms with van der Waals surface area (Å²) in [5, 5.41) is 6.98. The van der Waals surface area contributed by atoms with Crippen molar-refractivity contribution in [3.05, 3.63) is 127 Å². The quantitative estimate of drug-likeness (QED) is 0.209. The lowest BCUT2D eigenvalue weighted by molar-refractivity contribution is 0.673. The van der Waals surface area contributed by atoms with Gasteiger partial charge in [0.05, 0.1) is 26.8 Å². The molecular formula is C38H21N3OS. The van der Waals surface area contributed by atoms with Gasteiger partial charge in [0.15, 0.2) is 5.82 Å². The smallest absolute Gasteiger partial charge is 0.165 e. The normalized spacial score (nSPS) is 12.2. The van der Waals surface area contributed by atoms with Crippen LogP contribution in [-0.4, -0.2) is 14.5 Å². The molecule has 4 nitrogen and oxygen atoms in total. The van der Waals surface area contributed by atoms with Crippen molar-refractivity contribution in [1.29, 1.82) is 0 Å². The second kappa shape index (κ2) is 8.51. The summed E-state index contributed by atoms with van der Waals surface area (Å²) in [4.78, 5) is 10.6. The van der Waals surface area contributed by atoms with Gasteiger partial charge in [-0.15, -0.1) is 11.3 Å². The Morgan fingerprint density at radius 3 is 2.09 bits per heavy atom. The minimum atomic E-state index is 0.821. The molecule has 0 aliphatic rings. The predicted molar refractivity (Wildman–Crippen MR) is 179 cm³/mol. The first-order chi connectivity index (χ1) is 21.3. The van der Waals surface area contributed by atoms with Crippen molar-refractivity contribution in [3.63, 3.8) is 0 Å². The molecule has 0 aliphatic carbocycles. The third-order valence-corrected chi connectivity index (χ3v) is 9.75. The molecular weight excluding hydrogens is 547 g/mol. The zero-order chi connectivity index (χ0) is 28.1. The van der Waals surface area contributed by atoms with E-state index in [4.69, 9.17) is 14.4 Å². The molecule has 0 bridgehead atoms. The maximum Gasteiger partial charge on any atom is 0.165 e. The number of benzene rings is 6. The van der Waals surface area contributed by atoms with Crippen molar-refractivity contribution in [2.45, 2.75) is 0 Å². The molecule has 4 aromatic heterocycles. The van der Waals surface area contributed by atoms with Gasteiger partial charge in [-0.25, -0.2) is 9.97 Å². The molecule has 43 heavy (non-hydrogen) atoms. The molecule has 0 atom stereocenters. The van der Waals surface area contributed by atoms with Crippen LogP contribution in [0.4, 0.5) is 0 Å². The molecule has 0 aliphatic heterocycles. The largest absolute Gasteiger partial charge is 0.455 e. The van der Waals surface area contributed by atoms with E-state index >= 15 is 0 Å². The summed E-state index contributed by atoms with van der Waals surface area (Å²) in [6, 6.07) is 44.2. The fourth-order valence-corrected chi connectivity index (χ4v) is 8.01. The van der Waals surface area contributed by atoms with E-state index in [0.717, 1.165) is 66.5 Å². The SMILES string of the molecule is c1ccc(-c2nc3ccccc3nc2-n2c3ccccc3c3c4c5ccccc5oc4c4c5ccccc5sc4c32)cc1. The standard InChI is InChI=1S/C38H21N3OS/c1-2-12-22(13-3-1)34-38(40-27-18-8-7-17-26(27)39-34)41-28-19-9-4-14-23(28)31-32-24-15-5-10-20-29(24)42-36(32)33-25-16-6-11-21-30(25)43-37(33)35(31)41/h1-21H. The van der Waals surface area contributed by atoms with Crippen molar-refractivity contribution in [1.82, 2.24) is 14.5 Å². The van der Waals surface area contributed by atoms with E-state index in [1.165, 1.54) is 25.6 Å². The van der Waals surface area contributed by atoms with Crippen LogP contribution in [0.2, 0.25) is 0 Å². The summed E-state index contributed by atoms with van der Waals surface area (Å²) in [5.74, 6) is 0.821. The number of hydrogen-bond acceptors (Lipinski definition) is 4. The minimum absolute atomic E-state index is 0.821. The average molecular weight is 568 g/mol. The van der Waals surface area contributed by atoms with Crippen molar-refractivity contribution >= 4 is 86.3 Å². The van der Waals surface area contributed by atoms with Gasteiger partial charge in [-0.05, 0) is 30.3 Å². The van der Waals surface area contributed by atoms with Gasteiger partial charge < -0.3 is 4.42 Å². The summed E-state index contributed by atoms with van der Waals surface area (Å²) in [7, 11) is 0. The van der Waals surface area contributed by atoms with Crippen molar-refractivity contribution in [3.8, 4) is 17.1 Å². The maximum atomic E-state index is 6.72. The molecule has 0 radical (unpaired) electrons. The van der Waals surface area contributed by atoms with Crippen molar-refractivity contribution < 1.29 is 4.42 Å². The Morgan fingerprint density at radius 2 is 1.23 bits per heavy atom. The van der Waals surface area contributed by atoms with Gasteiger partial charge in [0, 0.05) is 42.6 Å². The molecule has 0 spiro atoms. The molecule has 0 N–H and O–H groups in total. The first-order valence-corrected chi connectivity index (χ1v) is 15.2. The lowest BCUT2D eigenvalue weighted by Gasteiger charge is -2.14. The highest BCUT2D eigenvalue weighted by molar-refractivity contribution is 7.27. The average Bonchev–Trinajstić information content (AvgIpc) is 3.74. The molecule has 0 fully saturated rings. The van der Waals surface area contributed by atoms with Gasteiger partial charge in [-0.1, -0.05) is 97.1 Å². The third kappa shape index (κ3) is 3.09. The molecule has 10 rings (SSSR count). The van der Waals surface area contributed by atoms with E-state index in [1.807, 2.05) is 47.7 Å². The van der Waals surface area contributed by atoms with Crippen LogP contribution < -0.4 is 0 Å². The summed E-state index contributed by atoms with van der Waals surface area (Å²) in [5.41, 5.74) is 7.70. The van der Waals surface area contributed by atoms with E-state index in [-0.39, 0.29) is 0 Å². The highest BCUT2D eigenvalue weighted by Crippen LogP contribution is 2.50. The van der Waals surface area contributed by atoms with E-state index in [9.17, 15) is 0 Å². The number of nitrogens with zero attached hydrogens (tertiary/aromatic N) is 3. The molecule has 6 aromatic carbocycles. The Morgan fingerprint density at radius 1 is 0.558 bits per heavy atom. The molecule has 200 valence electrons. The lowest BCUT2D eigenvalue weighted by Crippen LogP contribution is -2.03. The second-order valence-corrected chi connectivity index (χ2v) is 12.0. The van der Waals surface area contributed by atoms with Crippen LogP contribution in [0.15, 0.2) is 132 Å². The highest BCUT2D eigenvalue weighted by Gasteiger charge is 2.27. The Labute approximate surface area is 249 Å². The summed E-state index contributed by atoms with van der Waals surface area (Å²) < 4.78 is 11.5. The number of furan rings is 1. The fourth-order valence-electron chi connectivity index (χ4n) is 6.77. The summed E-state index contributed by atoms with van der Waals surface area (Å²) in [6.07, 6.45) is 0. The Hall–Kier alpha value is -5.52. The number of hydrogen-bond donors (Lipinski definition) is 0. The minimum Gasteiger partial charge on any atom is -0.455 e. The molecule has 0 amide bonds. The van der Waals surface area contributed by atoms with E-state index in [2.05, 4.69) is 95.6 Å². The number of aromatic nitrogens is 3. The van der Waals surface area contributed by atoms with Crippen LogP contribution in [0.5, 0.6) is 0 Å². The first-order valence-electron chi connectivity index (χ1n) is 14.4. The number of para-hydroxylation sites is 4. The zero-order valence-electron chi connectivity index (χ0n) is 22.8. The van der Waals surface area contributed by atoms with Gasteiger partial charge in [0.25, 0.3) is 0 Å². The van der Waals surface area contributed by atoms with Crippen molar-refractivity contribution in [2.24, 2.45) is 0 Å². The summed E-state index contributed by atoms with van der Waals surface area (Å²) in [6.45, 7) is 0. The molecule has 0 unspecified atom stereocenters. The third-order valence-electron chi connectivity index (χ3n) is 8.57. The topological polar surface area (TPSA) is 43.9 Å². The molecule has 0 saturated carbocycles. The van der Waals surface area contributed by atoms with Crippen molar-refractivity contribution in [2.75, 3.05) is 0 Å². The van der Waals surface area contributed by atoms with Crippen LogP contribution in [0, 0.1) is 0 Å². The van der Waals surface area contributed by atoms with Gasteiger partial charge in [0.2, 0.25) is 0 Å². The van der Waals surface area contributed by atoms with Gasteiger partial charge in [0.1, 0.15) is 16.9 Å². The monoisotopic (exact) mass is 567 g/mol. The first kappa shape index (κ1) is 23.1. The number of fused-ring (bicyclic) bond motifs is 13. The van der Waals surface area contributed by atoms with E-state index < -0.39 is 0 Å². The highest BCUT2D eigenvalue weighted by atomic mass is 32.1. The Kier molecular flexibility index (Phi) is 4.57. The lowest BCUT2D eigenvalue weighted by atomic mass is 10.0. The fraction of sp³-hybridized carbons (Fsp3) is 0. The number of thiophene rings is 1. The van der Waals surface area contributed by atoms with Crippen LogP contribution >= 0.6 is 11.3 Å². The predicted octanol–water partition coefficient (Wildman–Crippen LogP) is 10.7. The Balaban J connectivity index is 1.52. The van der Waals surface area contributed by atoms with Gasteiger partial charge in [-0.2, -0.15) is 0 Å². The van der Waals surface area contributed by atoms with Gasteiger partial charge >= 0.3 is 0 Å². The maximum absolute atomic E-state index is 6.72. The van der Waals surface area contributed by atoms with E-state index in [0.29, 0.717) is 0 Å². The molecule has 10 aromatic rings. The molecule has 0 saturated heterocycles. The Bertz CT molecular complexity index is 2730. The zero-order valence-corrected chi connectivity index (χ0v) is 23.6. The van der Waals surface area contributed by atoms with Crippen LogP contribution in [0.3, 0.4) is 0 Å². The van der Waals surface area contributed by atoms with E-state index in [1.54, 1.807) is 0 Å². The second-order valence-electron chi connectivity index (χ2n) is 10.9. The van der Waals surface area contributed by atoms with Crippen LogP contribution in [0.1, 0.15) is 0 Å². The molecule has 5 heteroatoms. The number of rotatable bonds is 2. The van der Waals surface area contributed by atoms with Gasteiger partial charge in [-0.3, -0.25) is 4.57 Å². The summed E-state index contributed by atoms with van der Waals surface area (Å²) >= 11 is 1.82.